The van der Waals surface area contributed by atoms with Crippen LogP contribution in [-0.4, -0.2) is 5.11 Å². The fourth-order valence-electron chi connectivity index (χ4n) is 1.50. The minimum atomic E-state index is -0.496. The van der Waals surface area contributed by atoms with Gasteiger partial charge in [-0.05, 0) is 43.4 Å². The summed E-state index contributed by atoms with van der Waals surface area (Å²) in [5, 5.41) is 9.81. The summed E-state index contributed by atoms with van der Waals surface area (Å²) < 4.78 is 13.0. The molecular formula is C13H17FO. The predicted octanol–water partition coefficient (Wildman–Crippen LogP) is 3.52. The Morgan fingerprint density at radius 2 is 2.27 bits per heavy atom. The third-order valence-electron chi connectivity index (χ3n) is 2.45. The Morgan fingerprint density at radius 3 is 2.87 bits per heavy atom. The number of aliphatic hydroxyl groups excluding tert-OH is 1. The number of aliphatic hydroxyl groups is 1. The Kier molecular flexibility index (Phi) is 4.50. The highest BCUT2D eigenvalue weighted by Gasteiger charge is 2.08. The SMILES string of the molecule is C=CCCCC(O)c1ccc(F)c(C)c1. The lowest BCUT2D eigenvalue weighted by Gasteiger charge is -2.11. The molecule has 0 saturated carbocycles. The molecule has 0 saturated heterocycles. The highest BCUT2D eigenvalue weighted by molar-refractivity contribution is 5.25. The molecule has 1 aromatic carbocycles. The lowest BCUT2D eigenvalue weighted by molar-refractivity contribution is 0.165. The summed E-state index contributed by atoms with van der Waals surface area (Å²) in [5.41, 5.74) is 1.37. The first-order chi connectivity index (χ1) is 7.15. The van der Waals surface area contributed by atoms with Crippen LogP contribution >= 0.6 is 0 Å². The number of halogens is 1. The van der Waals surface area contributed by atoms with Gasteiger partial charge in [0.15, 0.2) is 0 Å². The van der Waals surface area contributed by atoms with Crippen molar-refractivity contribution in [2.24, 2.45) is 0 Å². The van der Waals surface area contributed by atoms with E-state index >= 15 is 0 Å². The molecule has 0 aliphatic carbocycles. The van der Waals surface area contributed by atoms with E-state index < -0.39 is 6.10 Å². The third-order valence-corrected chi connectivity index (χ3v) is 2.45. The first kappa shape index (κ1) is 11.9. The second kappa shape index (κ2) is 5.66. The summed E-state index contributed by atoms with van der Waals surface area (Å²) in [6, 6.07) is 4.75. The molecule has 82 valence electrons. The minimum Gasteiger partial charge on any atom is -0.388 e. The number of hydrogen-bond donors (Lipinski definition) is 1. The standard InChI is InChI=1S/C13H17FO/c1-3-4-5-6-13(15)11-7-8-12(14)10(2)9-11/h3,7-9,13,15H,1,4-6H2,2H3. The fraction of sp³-hybridized carbons (Fsp3) is 0.385. The van der Waals surface area contributed by atoms with Crippen molar-refractivity contribution in [3.63, 3.8) is 0 Å². The maximum absolute atomic E-state index is 13.0. The van der Waals surface area contributed by atoms with E-state index in [4.69, 9.17) is 0 Å². The van der Waals surface area contributed by atoms with Crippen LogP contribution < -0.4 is 0 Å². The van der Waals surface area contributed by atoms with Gasteiger partial charge in [0.2, 0.25) is 0 Å². The Bertz CT molecular complexity index is 333. The van der Waals surface area contributed by atoms with E-state index in [0.717, 1.165) is 18.4 Å². The minimum absolute atomic E-state index is 0.225. The summed E-state index contributed by atoms with van der Waals surface area (Å²) in [6.07, 6.45) is 3.84. The first-order valence-electron chi connectivity index (χ1n) is 5.20. The van der Waals surface area contributed by atoms with Crippen LogP contribution in [0.3, 0.4) is 0 Å². The van der Waals surface area contributed by atoms with Crippen molar-refractivity contribution in [3.8, 4) is 0 Å². The summed E-state index contributed by atoms with van der Waals surface area (Å²) >= 11 is 0. The summed E-state index contributed by atoms with van der Waals surface area (Å²) in [7, 11) is 0. The van der Waals surface area contributed by atoms with Gasteiger partial charge in [-0.2, -0.15) is 0 Å². The number of unbranched alkanes of at least 4 members (excludes halogenated alkanes) is 1. The third kappa shape index (κ3) is 3.48. The number of allylic oxidation sites excluding steroid dienone is 1. The average molecular weight is 208 g/mol. The second-order valence-electron chi connectivity index (χ2n) is 3.74. The first-order valence-corrected chi connectivity index (χ1v) is 5.20. The van der Waals surface area contributed by atoms with Crippen LogP contribution in [0.15, 0.2) is 30.9 Å². The highest BCUT2D eigenvalue weighted by Crippen LogP contribution is 2.21. The molecule has 1 N–H and O–H groups in total. The van der Waals surface area contributed by atoms with Crippen molar-refractivity contribution >= 4 is 0 Å². The van der Waals surface area contributed by atoms with Crippen LogP contribution in [0.4, 0.5) is 4.39 Å². The molecule has 0 aliphatic rings. The maximum Gasteiger partial charge on any atom is 0.126 e. The monoisotopic (exact) mass is 208 g/mol. The van der Waals surface area contributed by atoms with Crippen LogP contribution in [0.5, 0.6) is 0 Å². The van der Waals surface area contributed by atoms with Gasteiger partial charge in [0.25, 0.3) is 0 Å². The number of aryl methyl sites for hydroxylation is 1. The molecule has 0 radical (unpaired) electrons. The lowest BCUT2D eigenvalue weighted by atomic mass is 10.0. The van der Waals surface area contributed by atoms with Crippen molar-refractivity contribution < 1.29 is 9.50 Å². The van der Waals surface area contributed by atoms with Gasteiger partial charge in [-0.3, -0.25) is 0 Å². The fourth-order valence-corrected chi connectivity index (χ4v) is 1.50. The molecule has 2 heteroatoms. The van der Waals surface area contributed by atoms with Gasteiger partial charge in [-0.1, -0.05) is 18.2 Å². The molecule has 1 unspecified atom stereocenters. The van der Waals surface area contributed by atoms with E-state index in [9.17, 15) is 9.50 Å². The molecule has 0 spiro atoms. The van der Waals surface area contributed by atoms with Gasteiger partial charge in [0.05, 0.1) is 6.10 Å². The molecule has 0 aliphatic heterocycles. The van der Waals surface area contributed by atoms with Gasteiger partial charge < -0.3 is 5.11 Å². The summed E-state index contributed by atoms with van der Waals surface area (Å²) in [6.45, 7) is 5.33. The van der Waals surface area contributed by atoms with Crippen LogP contribution in [0, 0.1) is 12.7 Å². The summed E-state index contributed by atoms with van der Waals surface area (Å²) in [4.78, 5) is 0. The molecule has 1 aromatic rings. The van der Waals surface area contributed by atoms with Crippen molar-refractivity contribution in [2.75, 3.05) is 0 Å². The van der Waals surface area contributed by atoms with Crippen molar-refractivity contribution in [3.05, 3.63) is 47.8 Å². The lowest BCUT2D eigenvalue weighted by Crippen LogP contribution is -1.98. The molecule has 1 atom stereocenters. The van der Waals surface area contributed by atoms with Gasteiger partial charge in [-0.25, -0.2) is 4.39 Å². The molecule has 0 fully saturated rings. The van der Waals surface area contributed by atoms with Crippen molar-refractivity contribution in [1.29, 1.82) is 0 Å². The van der Waals surface area contributed by atoms with Crippen LogP contribution in [0.2, 0.25) is 0 Å². The zero-order valence-corrected chi connectivity index (χ0v) is 9.04. The van der Waals surface area contributed by atoms with Gasteiger partial charge in [0, 0.05) is 0 Å². The number of benzene rings is 1. The predicted molar refractivity (Wildman–Crippen MR) is 60.1 cm³/mol. The van der Waals surface area contributed by atoms with Gasteiger partial charge >= 0.3 is 0 Å². The van der Waals surface area contributed by atoms with Crippen LogP contribution in [0.25, 0.3) is 0 Å². The van der Waals surface area contributed by atoms with E-state index in [0.29, 0.717) is 12.0 Å². The Hall–Kier alpha value is -1.15. The number of hydrogen-bond acceptors (Lipinski definition) is 1. The van der Waals surface area contributed by atoms with Crippen molar-refractivity contribution in [2.45, 2.75) is 32.3 Å². The van der Waals surface area contributed by atoms with E-state index in [1.807, 2.05) is 6.08 Å². The smallest absolute Gasteiger partial charge is 0.126 e. The van der Waals surface area contributed by atoms with E-state index in [1.54, 1.807) is 19.1 Å². The molecule has 15 heavy (non-hydrogen) atoms. The van der Waals surface area contributed by atoms with Crippen molar-refractivity contribution in [1.82, 2.24) is 0 Å². The molecule has 0 heterocycles. The topological polar surface area (TPSA) is 20.2 Å². The largest absolute Gasteiger partial charge is 0.388 e. The van der Waals surface area contributed by atoms with Gasteiger partial charge in [0.1, 0.15) is 5.82 Å². The molecule has 0 bridgehead atoms. The van der Waals surface area contributed by atoms with E-state index in [1.165, 1.54) is 6.07 Å². The Balaban J connectivity index is 2.61. The highest BCUT2D eigenvalue weighted by atomic mass is 19.1. The quantitative estimate of drug-likeness (QED) is 0.579. The van der Waals surface area contributed by atoms with Crippen LogP contribution in [0.1, 0.15) is 36.5 Å². The maximum atomic E-state index is 13.0. The Labute approximate surface area is 90.3 Å². The number of rotatable bonds is 5. The zero-order chi connectivity index (χ0) is 11.3. The average Bonchev–Trinajstić information content (AvgIpc) is 2.22. The van der Waals surface area contributed by atoms with Gasteiger partial charge in [-0.15, -0.1) is 6.58 Å². The summed E-state index contributed by atoms with van der Waals surface area (Å²) in [5.74, 6) is -0.225. The molecule has 0 amide bonds. The molecule has 0 aromatic heterocycles. The van der Waals surface area contributed by atoms with E-state index in [-0.39, 0.29) is 5.82 Å². The second-order valence-corrected chi connectivity index (χ2v) is 3.74. The molecular weight excluding hydrogens is 191 g/mol. The molecule has 1 nitrogen and oxygen atoms in total. The Morgan fingerprint density at radius 1 is 1.53 bits per heavy atom. The van der Waals surface area contributed by atoms with E-state index in [2.05, 4.69) is 6.58 Å². The van der Waals surface area contributed by atoms with Crippen LogP contribution in [-0.2, 0) is 0 Å². The normalized spacial score (nSPS) is 12.5. The molecule has 1 rings (SSSR count). The zero-order valence-electron chi connectivity index (χ0n) is 9.04.